The third-order valence-corrected chi connectivity index (χ3v) is 9.73. The van der Waals surface area contributed by atoms with Crippen LogP contribution in [0.5, 0.6) is 5.75 Å². The Morgan fingerprint density at radius 1 is 1.22 bits per heavy atom. The van der Waals surface area contributed by atoms with Crippen LogP contribution in [0.25, 0.3) is 10.4 Å². The first-order chi connectivity index (χ1) is 19.1. The molecular formula is C24H25F6N3O6S2. The Kier molecular flexibility index (Phi) is 8.90. The van der Waals surface area contributed by atoms with Gasteiger partial charge in [0, 0.05) is 11.6 Å². The van der Waals surface area contributed by atoms with Crippen LogP contribution in [0.15, 0.2) is 17.0 Å². The lowest BCUT2D eigenvalue weighted by Crippen LogP contribution is -2.46. The molecule has 2 saturated carbocycles. The number of aliphatic carboxylic acids is 1. The highest BCUT2D eigenvalue weighted by Crippen LogP contribution is 2.43. The molecule has 0 spiro atoms. The van der Waals surface area contributed by atoms with Crippen molar-refractivity contribution >= 4 is 33.2 Å². The Morgan fingerprint density at radius 2 is 1.88 bits per heavy atom. The molecule has 3 N–H and O–H groups in total. The summed E-state index contributed by atoms with van der Waals surface area (Å²) >= 11 is 0.713. The summed E-state index contributed by atoms with van der Waals surface area (Å²) < 4.78 is 112. The zero-order valence-corrected chi connectivity index (χ0v) is 22.9. The highest BCUT2D eigenvalue weighted by Gasteiger charge is 2.40. The summed E-state index contributed by atoms with van der Waals surface area (Å²) in [4.78, 5) is 26.9. The largest absolute Gasteiger partial charge is 0.481 e. The lowest BCUT2D eigenvalue weighted by atomic mass is 9.80. The van der Waals surface area contributed by atoms with E-state index >= 15 is 4.39 Å². The van der Waals surface area contributed by atoms with Crippen LogP contribution in [0.3, 0.4) is 0 Å². The number of amides is 1. The van der Waals surface area contributed by atoms with E-state index in [-0.39, 0.29) is 39.9 Å². The number of thiazole rings is 1. The number of nitrogens with one attached hydrogen (secondary N) is 2. The summed E-state index contributed by atoms with van der Waals surface area (Å²) in [5.74, 6) is -5.17. The third kappa shape index (κ3) is 6.94. The average Bonchev–Trinajstić information content (AvgIpc) is 3.21. The maximum absolute atomic E-state index is 15.5. The molecule has 0 radical (unpaired) electrons. The second kappa shape index (κ2) is 11.8. The van der Waals surface area contributed by atoms with Crippen LogP contribution in [0.4, 0.5) is 26.3 Å². The van der Waals surface area contributed by atoms with Crippen LogP contribution in [-0.2, 0) is 21.2 Å². The lowest BCUT2D eigenvalue weighted by molar-refractivity contribution is -0.147. The smallest absolute Gasteiger partial charge is 0.404 e. The third-order valence-electron chi connectivity index (χ3n) is 7.05. The average molecular weight is 630 g/mol. The minimum Gasteiger partial charge on any atom is -0.481 e. The van der Waals surface area contributed by atoms with Crippen LogP contribution in [0.1, 0.15) is 54.5 Å². The molecule has 1 amide bonds. The van der Waals surface area contributed by atoms with Crippen molar-refractivity contribution in [1.82, 2.24) is 15.0 Å². The van der Waals surface area contributed by atoms with E-state index in [4.69, 9.17) is 5.11 Å². The van der Waals surface area contributed by atoms with Gasteiger partial charge in [-0.05, 0) is 44.2 Å². The van der Waals surface area contributed by atoms with E-state index in [1.54, 1.807) is 0 Å². The molecule has 41 heavy (non-hydrogen) atoms. The molecule has 17 heteroatoms. The first-order valence-corrected chi connectivity index (χ1v) is 14.8. The number of rotatable bonds is 11. The molecule has 0 bridgehead atoms. The Bertz CT molecular complexity index is 1420. The van der Waals surface area contributed by atoms with Crippen molar-refractivity contribution in [3.63, 3.8) is 0 Å². The molecule has 9 nitrogen and oxygen atoms in total. The predicted octanol–water partition coefficient (Wildman–Crippen LogP) is 4.72. The van der Waals surface area contributed by atoms with E-state index in [2.05, 4.69) is 15.0 Å². The van der Waals surface area contributed by atoms with Crippen LogP contribution >= 0.6 is 11.3 Å². The van der Waals surface area contributed by atoms with Crippen LogP contribution < -0.4 is 14.8 Å². The van der Waals surface area contributed by atoms with Crippen molar-refractivity contribution in [3.05, 3.63) is 28.7 Å². The van der Waals surface area contributed by atoms with Gasteiger partial charge in [-0.2, -0.15) is 26.7 Å². The first-order valence-electron chi connectivity index (χ1n) is 12.5. The number of sulfonamides is 1. The molecule has 1 atom stereocenters. The Morgan fingerprint density at radius 3 is 2.41 bits per heavy atom. The topological polar surface area (TPSA) is 135 Å². The van der Waals surface area contributed by atoms with Gasteiger partial charge in [0.05, 0.1) is 16.5 Å². The van der Waals surface area contributed by atoms with Crippen molar-refractivity contribution in [2.75, 3.05) is 0 Å². The van der Waals surface area contributed by atoms with Crippen LogP contribution in [0.2, 0.25) is 0 Å². The van der Waals surface area contributed by atoms with Crippen molar-refractivity contribution in [3.8, 4) is 16.2 Å². The van der Waals surface area contributed by atoms with Crippen molar-refractivity contribution in [2.45, 2.75) is 75.2 Å². The number of carbonyl (C=O) groups excluding carboxylic acids is 1. The lowest BCUT2D eigenvalue weighted by Gasteiger charge is -2.32. The van der Waals surface area contributed by atoms with Gasteiger partial charge in [-0.25, -0.2) is 17.8 Å². The normalized spacial score (nSPS) is 20.3. The maximum atomic E-state index is 15.5. The number of carbonyl (C=O) groups is 2. The van der Waals surface area contributed by atoms with E-state index in [0.717, 1.165) is 25.3 Å². The predicted molar refractivity (Wildman–Crippen MR) is 133 cm³/mol. The van der Waals surface area contributed by atoms with Gasteiger partial charge in [-0.3, -0.25) is 9.59 Å². The molecule has 2 fully saturated rings. The summed E-state index contributed by atoms with van der Waals surface area (Å²) in [5, 5.41) is 11.6. The number of nitrogens with zero attached hydrogens (tertiary/aromatic N) is 1. The Hall–Kier alpha value is -2.92. The number of ether oxygens (including phenoxy) is 1. The quantitative estimate of drug-likeness (QED) is 0.307. The zero-order chi connectivity index (χ0) is 30.3. The van der Waals surface area contributed by atoms with Gasteiger partial charge in [-0.1, -0.05) is 19.3 Å². The number of halogens is 6. The maximum Gasteiger partial charge on any atom is 0.404 e. The molecule has 4 rings (SSSR count). The van der Waals surface area contributed by atoms with Gasteiger partial charge < -0.3 is 15.2 Å². The van der Waals surface area contributed by atoms with E-state index in [1.807, 2.05) is 0 Å². The molecule has 2 aliphatic carbocycles. The zero-order valence-electron chi connectivity index (χ0n) is 21.3. The summed E-state index contributed by atoms with van der Waals surface area (Å²) in [7, 11) is -5.17. The molecule has 0 unspecified atom stereocenters. The fourth-order valence-electron chi connectivity index (χ4n) is 4.44. The van der Waals surface area contributed by atoms with E-state index in [1.165, 1.54) is 4.72 Å². The number of carboxylic acid groups (broad SMARTS) is 1. The number of benzene rings is 1. The molecule has 1 aromatic heterocycles. The first kappa shape index (κ1) is 31.0. The minimum atomic E-state index is -5.17. The summed E-state index contributed by atoms with van der Waals surface area (Å²) in [5.41, 5.74) is -0.106. The molecule has 2 aliphatic rings. The van der Waals surface area contributed by atoms with Gasteiger partial charge in [0.2, 0.25) is 10.0 Å². The van der Waals surface area contributed by atoms with Crippen molar-refractivity contribution < 1.29 is 54.2 Å². The van der Waals surface area contributed by atoms with Crippen molar-refractivity contribution in [1.29, 1.82) is 0 Å². The molecular weight excluding hydrogens is 604 g/mol. The number of alkyl halides is 5. The number of aromatic nitrogens is 1. The molecule has 1 aromatic carbocycles. The molecule has 0 saturated heterocycles. The molecule has 226 valence electrons. The molecule has 0 aliphatic heterocycles. The number of hydrogen-bond donors (Lipinski definition) is 3. The van der Waals surface area contributed by atoms with Gasteiger partial charge in [0.15, 0.2) is 16.6 Å². The minimum absolute atomic E-state index is 0.0502. The fourth-order valence-corrected chi connectivity index (χ4v) is 6.76. The van der Waals surface area contributed by atoms with Gasteiger partial charge in [0.1, 0.15) is 10.9 Å². The second-order valence-electron chi connectivity index (χ2n) is 9.99. The van der Waals surface area contributed by atoms with Gasteiger partial charge in [-0.15, -0.1) is 11.3 Å². The highest BCUT2D eigenvalue weighted by atomic mass is 32.2. The Labute approximate surface area is 234 Å². The van der Waals surface area contributed by atoms with Gasteiger partial charge in [0.25, 0.3) is 5.91 Å². The standard InChI is InChI=1S/C24H25F6N3O6S2/c1-10(24(28,29)30)33-41(37,38)16-6-5-14(18(17(16)25)39-23(26)27)19-15(7-11-3-2-4-11)32-21(40-19)20(34)31-13-8-12(9-13)22(35)36/h5-6,10-13,23,33H,2-4,7-9H2,1H3,(H,31,34)(H,35,36)/t10-,12-,13-/m0/s1. The fraction of sp³-hybridized carbons (Fsp3) is 0.542. The van der Waals surface area contributed by atoms with Gasteiger partial charge >= 0.3 is 18.8 Å². The van der Waals surface area contributed by atoms with E-state index in [9.17, 15) is 40.0 Å². The van der Waals surface area contributed by atoms with Crippen LogP contribution in [0, 0.1) is 17.7 Å². The molecule has 1 heterocycles. The summed E-state index contributed by atoms with van der Waals surface area (Å²) in [6, 6.07) is -1.49. The summed E-state index contributed by atoms with van der Waals surface area (Å²) in [6.45, 7) is -3.14. The number of hydrogen-bond acceptors (Lipinski definition) is 7. The van der Waals surface area contributed by atoms with Crippen LogP contribution in [-0.4, -0.2) is 55.3 Å². The number of carboxylic acids is 1. The van der Waals surface area contributed by atoms with E-state index in [0.29, 0.717) is 30.7 Å². The SMILES string of the molecule is C[C@H](NS(=O)(=O)c1ccc(-c2sc(C(=O)N[C@H]3C[C@H](C(=O)O)C3)nc2CC2CCC2)c(OC(F)F)c1F)C(F)(F)F. The van der Waals surface area contributed by atoms with Crippen molar-refractivity contribution in [2.24, 2.45) is 11.8 Å². The molecule has 2 aromatic rings. The monoisotopic (exact) mass is 629 g/mol. The highest BCUT2D eigenvalue weighted by molar-refractivity contribution is 7.89. The summed E-state index contributed by atoms with van der Waals surface area (Å²) in [6.07, 6.45) is -1.70. The van der Waals surface area contributed by atoms with E-state index < -0.39 is 69.2 Å². The Balaban J connectivity index is 1.72. The second-order valence-corrected chi connectivity index (χ2v) is 12.7.